The van der Waals surface area contributed by atoms with E-state index in [1.54, 1.807) is 0 Å². The summed E-state index contributed by atoms with van der Waals surface area (Å²) in [6, 6.07) is 0. The van der Waals surface area contributed by atoms with Gasteiger partial charge in [0.05, 0.1) is 0 Å². The molecule has 0 bridgehead atoms. The molecule has 1 fully saturated rings. The minimum atomic E-state index is -0.132. The molecule has 0 unspecified atom stereocenters. The van der Waals surface area contributed by atoms with Crippen LogP contribution in [0.5, 0.6) is 0 Å². The van der Waals surface area contributed by atoms with E-state index in [1.807, 2.05) is 13.8 Å². The molecule has 0 aromatic carbocycles. The fraction of sp³-hybridized carbons (Fsp3) is 0.900. The molecule has 1 saturated carbocycles. The summed E-state index contributed by atoms with van der Waals surface area (Å²) < 4.78 is 0. The third kappa shape index (κ3) is 5.16. The van der Waals surface area contributed by atoms with Gasteiger partial charge in [-0.05, 0) is 18.8 Å². The van der Waals surface area contributed by atoms with E-state index in [9.17, 15) is 4.79 Å². The average molecular weight is 171 g/mol. The molecule has 72 valence electrons. The van der Waals surface area contributed by atoms with Gasteiger partial charge in [0, 0.05) is 6.42 Å². The van der Waals surface area contributed by atoms with Crippen LogP contribution >= 0.6 is 0 Å². The van der Waals surface area contributed by atoms with Gasteiger partial charge in [-0.15, -0.1) is 0 Å². The molecule has 0 aromatic heterocycles. The maximum absolute atomic E-state index is 10.5. The Morgan fingerprint density at radius 1 is 1.25 bits per heavy atom. The predicted molar refractivity (Wildman–Crippen MR) is 51.7 cm³/mol. The van der Waals surface area contributed by atoms with Gasteiger partial charge in [-0.1, -0.05) is 33.1 Å². The van der Waals surface area contributed by atoms with E-state index < -0.39 is 0 Å². The molecule has 0 aromatic rings. The van der Waals surface area contributed by atoms with Crippen molar-refractivity contribution in [1.29, 1.82) is 0 Å². The SMILES string of the molecule is CC.NC(=O)CC1CCCCC1. The van der Waals surface area contributed by atoms with Gasteiger partial charge >= 0.3 is 0 Å². The van der Waals surface area contributed by atoms with Crippen molar-refractivity contribution < 1.29 is 4.79 Å². The van der Waals surface area contributed by atoms with Crippen LogP contribution in [0.3, 0.4) is 0 Å². The number of carbonyl (C=O) groups is 1. The molecular weight excluding hydrogens is 150 g/mol. The lowest BCUT2D eigenvalue weighted by atomic mass is 9.87. The van der Waals surface area contributed by atoms with Crippen LogP contribution in [0, 0.1) is 5.92 Å². The molecule has 0 aliphatic heterocycles. The van der Waals surface area contributed by atoms with E-state index in [-0.39, 0.29) is 5.91 Å². The molecule has 2 N–H and O–H groups in total. The Hall–Kier alpha value is -0.530. The molecule has 0 radical (unpaired) electrons. The van der Waals surface area contributed by atoms with Crippen molar-refractivity contribution >= 4 is 5.91 Å². The average Bonchev–Trinajstić information content (AvgIpc) is 2.08. The molecule has 1 rings (SSSR count). The Labute approximate surface area is 75.5 Å². The number of hydrogen-bond donors (Lipinski definition) is 1. The first kappa shape index (κ1) is 11.5. The molecule has 2 heteroatoms. The van der Waals surface area contributed by atoms with Crippen LogP contribution in [0.4, 0.5) is 0 Å². The molecule has 0 saturated heterocycles. The van der Waals surface area contributed by atoms with E-state index in [0.29, 0.717) is 12.3 Å². The first-order valence-electron chi connectivity index (χ1n) is 5.07. The maximum Gasteiger partial charge on any atom is 0.217 e. The molecule has 0 spiro atoms. The third-order valence-corrected chi connectivity index (χ3v) is 2.21. The third-order valence-electron chi connectivity index (χ3n) is 2.21. The molecular formula is C10H21NO. The number of amides is 1. The van der Waals surface area contributed by atoms with E-state index in [4.69, 9.17) is 5.73 Å². The highest BCUT2D eigenvalue weighted by Gasteiger charge is 2.14. The van der Waals surface area contributed by atoms with Crippen LogP contribution in [0.15, 0.2) is 0 Å². The zero-order valence-electron chi connectivity index (χ0n) is 8.31. The fourth-order valence-corrected chi connectivity index (χ4v) is 1.68. The van der Waals surface area contributed by atoms with Crippen molar-refractivity contribution in [2.24, 2.45) is 11.7 Å². The van der Waals surface area contributed by atoms with Crippen LogP contribution in [-0.4, -0.2) is 5.91 Å². The summed E-state index contributed by atoms with van der Waals surface area (Å²) in [6.45, 7) is 4.00. The highest BCUT2D eigenvalue weighted by Crippen LogP contribution is 2.25. The van der Waals surface area contributed by atoms with E-state index in [1.165, 1.54) is 32.1 Å². The zero-order valence-corrected chi connectivity index (χ0v) is 8.31. The van der Waals surface area contributed by atoms with Gasteiger partial charge in [0.2, 0.25) is 5.91 Å². The minimum Gasteiger partial charge on any atom is -0.370 e. The number of carbonyl (C=O) groups excluding carboxylic acids is 1. The lowest BCUT2D eigenvalue weighted by molar-refractivity contribution is -0.119. The number of hydrogen-bond acceptors (Lipinski definition) is 1. The zero-order chi connectivity index (χ0) is 9.40. The molecule has 0 heterocycles. The van der Waals surface area contributed by atoms with Gasteiger partial charge in [-0.2, -0.15) is 0 Å². The summed E-state index contributed by atoms with van der Waals surface area (Å²) in [5.41, 5.74) is 5.08. The van der Waals surface area contributed by atoms with Gasteiger partial charge < -0.3 is 5.73 Å². The molecule has 1 amide bonds. The first-order chi connectivity index (χ1) is 5.79. The minimum absolute atomic E-state index is 0.132. The van der Waals surface area contributed by atoms with Crippen molar-refractivity contribution in [3.8, 4) is 0 Å². The second-order valence-electron chi connectivity index (χ2n) is 3.17. The van der Waals surface area contributed by atoms with E-state index in [0.717, 1.165) is 0 Å². The lowest BCUT2D eigenvalue weighted by Crippen LogP contribution is -2.18. The highest BCUT2D eigenvalue weighted by atomic mass is 16.1. The van der Waals surface area contributed by atoms with Crippen LogP contribution in [-0.2, 0) is 4.79 Å². The van der Waals surface area contributed by atoms with Crippen molar-refractivity contribution in [3.05, 3.63) is 0 Å². The topological polar surface area (TPSA) is 43.1 Å². The standard InChI is InChI=1S/C8H15NO.C2H6/c9-8(10)6-7-4-2-1-3-5-7;1-2/h7H,1-6H2,(H2,9,10);1-2H3. The Morgan fingerprint density at radius 2 is 1.75 bits per heavy atom. The molecule has 1 aliphatic rings. The Balaban J connectivity index is 0.000000561. The maximum atomic E-state index is 10.5. The van der Waals surface area contributed by atoms with Gasteiger partial charge in [0.15, 0.2) is 0 Å². The summed E-state index contributed by atoms with van der Waals surface area (Å²) in [6.07, 6.45) is 6.96. The lowest BCUT2D eigenvalue weighted by Gasteiger charge is -2.19. The van der Waals surface area contributed by atoms with Crippen molar-refractivity contribution in [2.75, 3.05) is 0 Å². The van der Waals surface area contributed by atoms with E-state index in [2.05, 4.69) is 0 Å². The van der Waals surface area contributed by atoms with E-state index >= 15 is 0 Å². The number of primary amides is 1. The Kier molecular flexibility index (Phi) is 6.82. The van der Waals surface area contributed by atoms with Gasteiger partial charge in [-0.25, -0.2) is 0 Å². The largest absolute Gasteiger partial charge is 0.370 e. The van der Waals surface area contributed by atoms with Crippen LogP contribution < -0.4 is 5.73 Å². The monoisotopic (exact) mass is 171 g/mol. The quantitative estimate of drug-likeness (QED) is 0.681. The van der Waals surface area contributed by atoms with Crippen LogP contribution in [0.2, 0.25) is 0 Å². The van der Waals surface area contributed by atoms with Crippen LogP contribution in [0.25, 0.3) is 0 Å². The summed E-state index contributed by atoms with van der Waals surface area (Å²) in [5.74, 6) is 0.471. The number of rotatable bonds is 2. The van der Waals surface area contributed by atoms with Gasteiger partial charge in [0.1, 0.15) is 0 Å². The van der Waals surface area contributed by atoms with Crippen molar-refractivity contribution in [3.63, 3.8) is 0 Å². The summed E-state index contributed by atoms with van der Waals surface area (Å²) in [5, 5.41) is 0. The second-order valence-corrected chi connectivity index (χ2v) is 3.17. The molecule has 2 nitrogen and oxygen atoms in total. The van der Waals surface area contributed by atoms with Gasteiger partial charge in [0.25, 0.3) is 0 Å². The first-order valence-corrected chi connectivity index (χ1v) is 5.07. The van der Waals surface area contributed by atoms with Crippen molar-refractivity contribution in [1.82, 2.24) is 0 Å². The van der Waals surface area contributed by atoms with Crippen molar-refractivity contribution in [2.45, 2.75) is 52.4 Å². The van der Waals surface area contributed by atoms with Gasteiger partial charge in [-0.3, -0.25) is 4.79 Å². The summed E-state index contributed by atoms with van der Waals surface area (Å²) in [4.78, 5) is 10.5. The normalized spacial score (nSPS) is 17.8. The second kappa shape index (κ2) is 7.14. The highest BCUT2D eigenvalue weighted by molar-refractivity contribution is 5.73. The Morgan fingerprint density at radius 3 is 2.17 bits per heavy atom. The molecule has 0 atom stereocenters. The molecule has 12 heavy (non-hydrogen) atoms. The Bertz CT molecular complexity index is 117. The predicted octanol–water partition coefficient (Wildman–Crippen LogP) is 2.47. The summed E-state index contributed by atoms with van der Waals surface area (Å²) in [7, 11) is 0. The number of nitrogens with two attached hydrogens (primary N) is 1. The smallest absolute Gasteiger partial charge is 0.217 e. The van der Waals surface area contributed by atoms with Crippen LogP contribution in [0.1, 0.15) is 52.4 Å². The molecule has 1 aliphatic carbocycles. The summed E-state index contributed by atoms with van der Waals surface area (Å²) >= 11 is 0. The fourth-order valence-electron chi connectivity index (χ4n) is 1.68.